The molecule has 1 fully saturated rings. The number of carbonyl (C=O) groups is 4. The molecule has 1 amide bonds. The van der Waals surface area contributed by atoms with Crippen molar-refractivity contribution in [2.45, 2.75) is 54.4 Å². The molecule has 1 N–H and O–H groups in total. The first-order chi connectivity index (χ1) is 13.3. The number of esters is 3. The van der Waals surface area contributed by atoms with Crippen LogP contribution < -0.4 is 5.32 Å². The normalized spacial score (nSPS) is 26.8. The quantitative estimate of drug-likeness (QED) is 0.244. The number of alkyl carbamates (subject to hydrolysis) is 1. The lowest BCUT2D eigenvalue weighted by atomic mass is 9.97. The fraction of sp³-hybridized carbons (Fsp3) is 0.733. The van der Waals surface area contributed by atoms with Gasteiger partial charge in [-0.1, -0.05) is 34.8 Å². The van der Waals surface area contributed by atoms with E-state index in [9.17, 15) is 19.2 Å². The molecule has 1 aliphatic rings. The van der Waals surface area contributed by atoms with E-state index in [0.717, 1.165) is 13.8 Å². The Morgan fingerprint density at radius 1 is 0.966 bits per heavy atom. The molecule has 0 aromatic heterocycles. The number of halogens is 3. The van der Waals surface area contributed by atoms with Gasteiger partial charge in [-0.25, -0.2) is 4.79 Å². The van der Waals surface area contributed by atoms with Crippen molar-refractivity contribution in [2.24, 2.45) is 0 Å². The van der Waals surface area contributed by atoms with Gasteiger partial charge in [0, 0.05) is 20.8 Å². The number of rotatable bonds is 6. The average Bonchev–Trinajstić information content (AvgIpc) is 2.55. The monoisotopic (exact) mass is 495 g/mol. The fourth-order valence-electron chi connectivity index (χ4n) is 2.40. The Labute approximate surface area is 187 Å². The van der Waals surface area contributed by atoms with E-state index in [0.29, 0.717) is 0 Å². The van der Waals surface area contributed by atoms with Gasteiger partial charge >= 0.3 is 24.0 Å². The van der Waals surface area contributed by atoms with Crippen molar-refractivity contribution in [2.75, 3.05) is 13.2 Å². The molecule has 0 aromatic rings. The summed E-state index contributed by atoms with van der Waals surface area (Å²) >= 11 is 20.8. The lowest BCUT2D eigenvalue weighted by Gasteiger charge is -2.43. The minimum atomic E-state index is -1.84. The highest BCUT2D eigenvalue weighted by atomic mass is 35.6. The van der Waals surface area contributed by atoms with Crippen molar-refractivity contribution in [3.8, 4) is 0 Å². The lowest BCUT2D eigenvalue weighted by Crippen LogP contribution is -2.65. The number of thiol groups is 1. The van der Waals surface area contributed by atoms with Crippen LogP contribution in [0.25, 0.3) is 0 Å². The fourth-order valence-corrected chi connectivity index (χ4v) is 2.96. The Balaban J connectivity index is 3.06. The summed E-state index contributed by atoms with van der Waals surface area (Å²) in [6.45, 7) is 2.54. The summed E-state index contributed by atoms with van der Waals surface area (Å²) in [4.78, 5) is 46.3. The first kappa shape index (κ1) is 25.9. The number of carbonyl (C=O) groups excluding carboxylic acids is 4. The summed E-state index contributed by atoms with van der Waals surface area (Å²) in [5.41, 5.74) is -1.06. The maximum absolute atomic E-state index is 12.0. The van der Waals surface area contributed by atoms with Gasteiger partial charge in [0.2, 0.25) is 3.79 Å². The van der Waals surface area contributed by atoms with Gasteiger partial charge < -0.3 is 29.0 Å². The van der Waals surface area contributed by atoms with Crippen LogP contribution in [0.3, 0.4) is 0 Å². The highest BCUT2D eigenvalue weighted by molar-refractivity contribution is 7.80. The number of hydrogen-bond acceptors (Lipinski definition) is 10. The topological polar surface area (TPSA) is 126 Å². The van der Waals surface area contributed by atoms with Crippen LogP contribution >= 0.6 is 47.4 Å². The molecule has 10 nitrogen and oxygen atoms in total. The van der Waals surface area contributed by atoms with Gasteiger partial charge in [0.25, 0.3) is 0 Å². The zero-order valence-electron chi connectivity index (χ0n) is 15.6. The van der Waals surface area contributed by atoms with Crippen molar-refractivity contribution in [3.05, 3.63) is 0 Å². The second-order valence-electron chi connectivity index (χ2n) is 5.88. The standard InChI is InChI=1S/C15H20Cl3NO9S/c1-6(20)24-4-9-11(26-7(2)21)12(27-8(3)22)10(13(29)28-9)19-14(23)25-5-15(16,17)18/h9-13,29H,4-5H2,1-3H3,(H,19,23)/t9-,10+,11+,12-,13+/m1/s1. The van der Waals surface area contributed by atoms with Gasteiger partial charge in [-0.3, -0.25) is 14.4 Å². The maximum atomic E-state index is 12.0. The minimum absolute atomic E-state index is 0.313. The molecule has 0 aliphatic carbocycles. The third-order valence-electron chi connectivity index (χ3n) is 3.37. The molecule has 0 saturated carbocycles. The molecular formula is C15H20Cl3NO9S. The molecule has 29 heavy (non-hydrogen) atoms. The number of amides is 1. The molecule has 14 heteroatoms. The first-order valence-electron chi connectivity index (χ1n) is 8.11. The Hall–Kier alpha value is -1.14. The number of ether oxygens (including phenoxy) is 5. The number of nitrogens with one attached hydrogen (secondary N) is 1. The van der Waals surface area contributed by atoms with Gasteiger partial charge in [0.1, 0.15) is 30.8 Å². The van der Waals surface area contributed by atoms with E-state index in [1.807, 2.05) is 0 Å². The zero-order chi connectivity index (χ0) is 22.4. The summed E-state index contributed by atoms with van der Waals surface area (Å²) in [7, 11) is 0. The molecule has 1 heterocycles. The van der Waals surface area contributed by atoms with E-state index in [1.54, 1.807) is 0 Å². The molecule has 0 spiro atoms. The van der Waals surface area contributed by atoms with Crippen molar-refractivity contribution in [3.63, 3.8) is 0 Å². The van der Waals surface area contributed by atoms with Crippen LogP contribution in [0.1, 0.15) is 20.8 Å². The van der Waals surface area contributed by atoms with Crippen molar-refractivity contribution in [1.82, 2.24) is 5.32 Å². The van der Waals surface area contributed by atoms with E-state index in [2.05, 4.69) is 17.9 Å². The second-order valence-corrected chi connectivity index (χ2v) is 8.90. The number of hydrogen-bond donors (Lipinski definition) is 2. The molecule has 0 unspecified atom stereocenters. The molecule has 166 valence electrons. The van der Waals surface area contributed by atoms with E-state index in [4.69, 9.17) is 58.5 Å². The van der Waals surface area contributed by atoms with Crippen molar-refractivity contribution in [1.29, 1.82) is 0 Å². The van der Waals surface area contributed by atoms with Gasteiger partial charge in [-0.05, 0) is 0 Å². The van der Waals surface area contributed by atoms with Gasteiger partial charge in [-0.2, -0.15) is 0 Å². The minimum Gasteiger partial charge on any atom is -0.463 e. The summed E-state index contributed by atoms with van der Waals surface area (Å²) in [5.74, 6) is -2.06. The van der Waals surface area contributed by atoms with E-state index < -0.39 is 64.2 Å². The van der Waals surface area contributed by atoms with Gasteiger partial charge in [0.05, 0.1) is 0 Å². The third-order valence-corrected chi connectivity index (χ3v) is 4.14. The highest BCUT2D eigenvalue weighted by Crippen LogP contribution is 2.29. The first-order valence-corrected chi connectivity index (χ1v) is 9.76. The Kier molecular flexibility index (Phi) is 10.1. The Bertz CT molecular complexity index is 631. The summed E-state index contributed by atoms with van der Waals surface area (Å²) < 4.78 is 23.9. The van der Waals surface area contributed by atoms with Crippen LogP contribution in [0.4, 0.5) is 4.79 Å². The molecule has 1 aliphatic heterocycles. The maximum Gasteiger partial charge on any atom is 0.407 e. The van der Waals surface area contributed by atoms with Gasteiger partial charge in [-0.15, -0.1) is 12.6 Å². The van der Waals surface area contributed by atoms with E-state index in [1.165, 1.54) is 6.92 Å². The van der Waals surface area contributed by atoms with E-state index in [-0.39, 0.29) is 6.61 Å². The van der Waals surface area contributed by atoms with Crippen LogP contribution in [-0.2, 0) is 38.1 Å². The predicted molar refractivity (Wildman–Crippen MR) is 104 cm³/mol. The predicted octanol–water partition coefficient (Wildman–Crippen LogP) is 1.53. The van der Waals surface area contributed by atoms with Crippen LogP contribution in [0.2, 0.25) is 0 Å². The smallest absolute Gasteiger partial charge is 0.407 e. The SMILES string of the molecule is CC(=O)OC[C@H]1O[C@@H](S)[C@@H](NC(=O)OCC(Cl)(Cl)Cl)[C@@H](OC(C)=O)[C@H]1OC(C)=O. The van der Waals surface area contributed by atoms with Crippen LogP contribution in [0, 0.1) is 0 Å². The van der Waals surface area contributed by atoms with Crippen LogP contribution in [0.5, 0.6) is 0 Å². The van der Waals surface area contributed by atoms with E-state index >= 15 is 0 Å². The van der Waals surface area contributed by atoms with Crippen molar-refractivity contribution >= 4 is 71.4 Å². The van der Waals surface area contributed by atoms with Crippen LogP contribution in [-0.4, -0.2) is 70.8 Å². The molecular weight excluding hydrogens is 477 g/mol. The molecule has 5 atom stereocenters. The summed E-state index contributed by atoms with van der Waals surface area (Å²) in [6.07, 6.45) is -4.52. The summed E-state index contributed by atoms with van der Waals surface area (Å²) in [6, 6.07) is -1.12. The largest absolute Gasteiger partial charge is 0.463 e. The molecule has 0 bridgehead atoms. The Morgan fingerprint density at radius 3 is 2.00 bits per heavy atom. The highest BCUT2D eigenvalue weighted by Gasteiger charge is 2.50. The second kappa shape index (κ2) is 11.3. The molecule has 1 rings (SSSR count). The summed E-state index contributed by atoms with van der Waals surface area (Å²) in [5, 5.41) is 2.37. The zero-order valence-corrected chi connectivity index (χ0v) is 18.7. The Morgan fingerprint density at radius 2 is 1.52 bits per heavy atom. The molecule has 1 saturated heterocycles. The lowest BCUT2D eigenvalue weighted by molar-refractivity contribution is -0.210. The molecule has 0 aromatic carbocycles. The average molecular weight is 497 g/mol. The van der Waals surface area contributed by atoms with Crippen LogP contribution in [0.15, 0.2) is 0 Å². The third kappa shape index (κ3) is 9.47. The molecule has 0 radical (unpaired) electrons. The number of alkyl halides is 3. The van der Waals surface area contributed by atoms with Crippen molar-refractivity contribution < 1.29 is 42.9 Å². The van der Waals surface area contributed by atoms with Gasteiger partial charge in [0.15, 0.2) is 12.2 Å².